The molecule has 0 saturated carbocycles. The van der Waals surface area contributed by atoms with Crippen molar-refractivity contribution in [1.82, 2.24) is 9.55 Å². The van der Waals surface area contributed by atoms with Crippen molar-refractivity contribution in [3.8, 4) is 0 Å². The molecule has 0 aliphatic heterocycles. The number of anilines is 2. The van der Waals surface area contributed by atoms with Gasteiger partial charge in [-0.1, -0.05) is 6.07 Å². The largest absolute Gasteiger partial charge is 0.379 e. The Balaban J connectivity index is 2.08. The Hall–Kier alpha value is -2.04. The highest BCUT2D eigenvalue weighted by Crippen LogP contribution is 2.16. The molecule has 0 spiro atoms. The molecule has 1 aromatic carbocycles. The van der Waals surface area contributed by atoms with Crippen molar-refractivity contribution in [3.05, 3.63) is 41.5 Å². The number of halogens is 1. The fraction of sp³-hybridized carbons (Fsp3) is 0.357. The minimum Gasteiger partial charge on any atom is -0.379 e. The van der Waals surface area contributed by atoms with Gasteiger partial charge in [0.15, 0.2) is 0 Å². The lowest BCUT2D eigenvalue weighted by Gasteiger charge is -2.13. The molecule has 0 aliphatic rings. The summed E-state index contributed by atoms with van der Waals surface area (Å²) in [6.45, 7) is 2.36. The quantitative estimate of drug-likeness (QED) is 0.919. The summed E-state index contributed by atoms with van der Waals surface area (Å²) in [4.78, 5) is 6.29. The molecule has 5 heteroatoms. The van der Waals surface area contributed by atoms with E-state index in [9.17, 15) is 4.39 Å². The van der Waals surface area contributed by atoms with E-state index < -0.39 is 0 Å². The van der Waals surface area contributed by atoms with Crippen molar-refractivity contribution in [2.75, 3.05) is 24.3 Å². The van der Waals surface area contributed by atoms with Gasteiger partial charge >= 0.3 is 0 Å². The van der Waals surface area contributed by atoms with Crippen LogP contribution in [0.2, 0.25) is 0 Å². The van der Waals surface area contributed by atoms with Gasteiger partial charge < -0.3 is 14.8 Å². The molecule has 0 amide bonds. The second-order valence-electron chi connectivity index (χ2n) is 4.82. The second kappa shape index (κ2) is 5.30. The first kappa shape index (κ1) is 13.4. The molecule has 0 radical (unpaired) electrons. The molecule has 1 aromatic heterocycles. The molecule has 1 N–H and O–H groups in total. The zero-order valence-corrected chi connectivity index (χ0v) is 11.7. The summed E-state index contributed by atoms with van der Waals surface area (Å²) in [5.41, 5.74) is 2.47. The molecule has 2 rings (SSSR count). The van der Waals surface area contributed by atoms with Crippen LogP contribution in [0.1, 0.15) is 11.3 Å². The summed E-state index contributed by atoms with van der Waals surface area (Å²) >= 11 is 0. The van der Waals surface area contributed by atoms with Crippen molar-refractivity contribution in [2.24, 2.45) is 7.05 Å². The molecule has 102 valence electrons. The minimum absolute atomic E-state index is 0.191. The lowest BCUT2D eigenvalue weighted by atomic mass is 10.2. The van der Waals surface area contributed by atoms with Crippen molar-refractivity contribution in [2.45, 2.75) is 13.5 Å². The van der Waals surface area contributed by atoms with Gasteiger partial charge in [0.25, 0.3) is 0 Å². The van der Waals surface area contributed by atoms with Crippen LogP contribution < -0.4 is 10.2 Å². The van der Waals surface area contributed by atoms with Crippen molar-refractivity contribution in [3.63, 3.8) is 0 Å². The Bertz CT molecular complexity index is 575. The number of hydrogen-bond acceptors (Lipinski definition) is 3. The van der Waals surface area contributed by atoms with Crippen molar-refractivity contribution in [1.29, 1.82) is 0 Å². The Morgan fingerprint density at radius 3 is 2.68 bits per heavy atom. The van der Waals surface area contributed by atoms with Crippen molar-refractivity contribution < 1.29 is 4.39 Å². The third-order valence-electron chi connectivity index (χ3n) is 3.11. The first-order valence-corrected chi connectivity index (χ1v) is 6.17. The van der Waals surface area contributed by atoms with E-state index in [0.29, 0.717) is 12.1 Å². The van der Waals surface area contributed by atoms with Crippen LogP contribution in [0, 0.1) is 12.7 Å². The van der Waals surface area contributed by atoms with E-state index in [2.05, 4.69) is 10.3 Å². The van der Waals surface area contributed by atoms with E-state index in [4.69, 9.17) is 0 Å². The molecular weight excluding hydrogens is 243 g/mol. The maximum absolute atomic E-state index is 13.4. The van der Waals surface area contributed by atoms with Gasteiger partial charge in [0.1, 0.15) is 5.82 Å². The lowest BCUT2D eigenvalue weighted by Crippen LogP contribution is -2.15. The van der Waals surface area contributed by atoms with Gasteiger partial charge in [-0.15, -0.1) is 0 Å². The SMILES string of the molecule is Cc1ccc(NCc2cnc(N(C)C)n2C)cc1F. The monoisotopic (exact) mass is 262 g/mol. The molecule has 0 bridgehead atoms. The van der Waals surface area contributed by atoms with Gasteiger partial charge in [0.2, 0.25) is 5.95 Å². The zero-order valence-electron chi connectivity index (χ0n) is 11.7. The van der Waals surface area contributed by atoms with Gasteiger partial charge in [0.05, 0.1) is 18.4 Å². The molecular formula is C14H19FN4. The van der Waals surface area contributed by atoms with Crippen LogP contribution in [0.3, 0.4) is 0 Å². The van der Waals surface area contributed by atoms with Crippen LogP contribution in [-0.2, 0) is 13.6 Å². The summed E-state index contributed by atoms with van der Waals surface area (Å²) in [5, 5.41) is 3.20. The molecule has 0 aliphatic carbocycles. The molecule has 2 aromatic rings. The van der Waals surface area contributed by atoms with E-state index >= 15 is 0 Å². The Morgan fingerprint density at radius 2 is 2.11 bits per heavy atom. The highest BCUT2D eigenvalue weighted by Gasteiger charge is 2.07. The third-order valence-corrected chi connectivity index (χ3v) is 3.11. The molecule has 4 nitrogen and oxygen atoms in total. The van der Waals surface area contributed by atoms with Crippen LogP contribution in [0.25, 0.3) is 0 Å². The smallest absolute Gasteiger partial charge is 0.204 e. The Morgan fingerprint density at radius 1 is 1.37 bits per heavy atom. The number of benzene rings is 1. The number of nitrogens with zero attached hydrogens (tertiary/aromatic N) is 3. The normalized spacial score (nSPS) is 10.6. The highest BCUT2D eigenvalue weighted by molar-refractivity contribution is 5.45. The average Bonchev–Trinajstić information content (AvgIpc) is 2.72. The average molecular weight is 262 g/mol. The van der Waals surface area contributed by atoms with Gasteiger partial charge in [-0.05, 0) is 24.6 Å². The summed E-state index contributed by atoms with van der Waals surface area (Å²) in [6.07, 6.45) is 1.83. The van der Waals surface area contributed by atoms with Crippen LogP contribution in [0.4, 0.5) is 16.0 Å². The lowest BCUT2D eigenvalue weighted by molar-refractivity contribution is 0.619. The maximum Gasteiger partial charge on any atom is 0.204 e. The first-order valence-electron chi connectivity index (χ1n) is 6.17. The Kier molecular flexibility index (Phi) is 3.74. The summed E-state index contributed by atoms with van der Waals surface area (Å²) in [7, 11) is 5.87. The molecule has 0 saturated heterocycles. The number of aromatic nitrogens is 2. The zero-order chi connectivity index (χ0) is 14.0. The van der Waals surface area contributed by atoms with E-state index in [0.717, 1.165) is 17.3 Å². The van der Waals surface area contributed by atoms with Gasteiger partial charge in [-0.25, -0.2) is 9.37 Å². The number of imidazole rings is 1. The van der Waals surface area contributed by atoms with Gasteiger partial charge in [0, 0.05) is 26.8 Å². The predicted molar refractivity (Wildman–Crippen MR) is 76.0 cm³/mol. The number of rotatable bonds is 4. The molecule has 19 heavy (non-hydrogen) atoms. The Labute approximate surface area is 112 Å². The standard InChI is InChI=1S/C14H19FN4/c1-10-5-6-11(7-13(10)15)16-8-12-9-17-14(18(2)3)19(12)4/h5-7,9,16H,8H2,1-4H3. The van der Waals surface area contributed by atoms with E-state index in [1.165, 1.54) is 6.07 Å². The fourth-order valence-electron chi connectivity index (χ4n) is 1.91. The fourth-order valence-corrected chi connectivity index (χ4v) is 1.91. The molecule has 0 atom stereocenters. The van der Waals surface area contributed by atoms with Crippen LogP contribution >= 0.6 is 0 Å². The number of nitrogens with one attached hydrogen (secondary N) is 1. The van der Waals surface area contributed by atoms with Crippen LogP contribution in [-0.4, -0.2) is 23.6 Å². The maximum atomic E-state index is 13.4. The topological polar surface area (TPSA) is 33.1 Å². The van der Waals surface area contributed by atoms with E-state index in [1.807, 2.05) is 42.9 Å². The number of aryl methyl sites for hydroxylation is 1. The molecule has 0 fully saturated rings. The number of hydrogen-bond donors (Lipinski definition) is 1. The van der Waals surface area contributed by atoms with E-state index in [1.54, 1.807) is 13.0 Å². The summed E-state index contributed by atoms with van der Waals surface area (Å²) < 4.78 is 15.4. The van der Waals surface area contributed by atoms with E-state index in [-0.39, 0.29) is 5.82 Å². The summed E-state index contributed by atoms with van der Waals surface area (Å²) in [5.74, 6) is 0.705. The predicted octanol–water partition coefficient (Wildman–Crippen LogP) is 2.55. The van der Waals surface area contributed by atoms with Gasteiger partial charge in [-0.3, -0.25) is 0 Å². The molecule has 1 heterocycles. The third kappa shape index (κ3) is 2.86. The van der Waals surface area contributed by atoms with Crippen LogP contribution in [0.5, 0.6) is 0 Å². The van der Waals surface area contributed by atoms with Crippen molar-refractivity contribution >= 4 is 11.6 Å². The summed E-state index contributed by atoms with van der Waals surface area (Å²) in [6, 6.07) is 5.16. The highest BCUT2D eigenvalue weighted by atomic mass is 19.1. The molecule has 0 unspecified atom stereocenters. The van der Waals surface area contributed by atoms with Gasteiger partial charge in [-0.2, -0.15) is 0 Å². The van der Waals surface area contributed by atoms with Crippen LogP contribution in [0.15, 0.2) is 24.4 Å². The minimum atomic E-state index is -0.191. The first-order chi connectivity index (χ1) is 8.99. The second-order valence-corrected chi connectivity index (χ2v) is 4.82.